The van der Waals surface area contributed by atoms with E-state index < -0.39 is 5.83 Å². The summed E-state index contributed by atoms with van der Waals surface area (Å²) in [6.45, 7) is 7.00. The maximum Gasteiger partial charge on any atom is 0.135 e. The average Bonchev–Trinajstić information content (AvgIpc) is 2.07. The Labute approximate surface area is 91.7 Å². The molecule has 0 rings (SSSR count). The lowest BCUT2D eigenvalue weighted by Crippen LogP contribution is -1.78. The van der Waals surface area contributed by atoms with Gasteiger partial charge in [0.1, 0.15) is 5.83 Å². The SMILES string of the molecule is C=C(Cl)/C=C(Br)\C(F)=C/CO.CC. The topological polar surface area (TPSA) is 20.2 Å². The minimum absolute atomic E-state index is 0.173. The predicted octanol–water partition coefficient (Wildman–Crippen LogP) is 3.89. The molecule has 4 heteroatoms. The summed E-state index contributed by atoms with van der Waals surface area (Å²) in [7, 11) is 0. The standard InChI is InChI=1S/C7H7BrClFO.C2H6/c1-5(9)4-6(8)7(10)2-3-11;1-2/h2,4,11H,1,3H2;1-2H3/b6-4+,7-2+;. The Morgan fingerprint density at radius 1 is 1.62 bits per heavy atom. The van der Waals surface area contributed by atoms with Crippen LogP contribution in [-0.4, -0.2) is 11.7 Å². The molecule has 13 heavy (non-hydrogen) atoms. The quantitative estimate of drug-likeness (QED) is 0.772. The Balaban J connectivity index is 0. The van der Waals surface area contributed by atoms with Crippen LogP contribution in [0, 0.1) is 0 Å². The predicted molar refractivity (Wildman–Crippen MR) is 59.6 cm³/mol. The lowest BCUT2D eigenvalue weighted by molar-refractivity contribution is 0.339. The van der Waals surface area contributed by atoms with E-state index in [1.54, 1.807) is 0 Å². The van der Waals surface area contributed by atoms with Gasteiger partial charge in [0, 0.05) is 5.03 Å². The lowest BCUT2D eigenvalue weighted by atomic mass is 10.4. The molecule has 0 saturated heterocycles. The molecule has 0 radical (unpaired) electrons. The van der Waals surface area contributed by atoms with Crippen molar-refractivity contribution in [1.82, 2.24) is 0 Å². The van der Waals surface area contributed by atoms with E-state index in [1.165, 1.54) is 6.08 Å². The molecule has 0 aromatic carbocycles. The molecule has 76 valence electrons. The fourth-order valence-electron chi connectivity index (χ4n) is 0.384. The van der Waals surface area contributed by atoms with Crippen molar-refractivity contribution in [3.8, 4) is 0 Å². The van der Waals surface area contributed by atoms with Crippen LogP contribution in [-0.2, 0) is 0 Å². The molecule has 0 spiro atoms. The van der Waals surface area contributed by atoms with Gasteiger partial charge in [-0.3, -0.25) is 0 Å². The highest BCUT2D eigenvalue weighted by Crippen LogP contribution is 2.20. The highest BCUT2D eigenvalue weighted by molar-refractivity contribution is 9.11. The van der Waals surface area contributed by atoms with Gasteiger partial charge in [-0.1, -0.05) is 32.0 Å². The van der Waals surface area contributed by atoms with Gasteiger partial charge < -0.3 is 5.11 Å². The molecule has 1 N–H and O–H groups in total. The van der Waals surface area contributed by atoms with Crippen molar-refractivity contribution in [3.63, 3.8) is 0 Å². The van der Waals surface area contributed by atoms with E-state index in [2.05, 4.69) is 22.5 Å². The van der Waals surface area contributed by atoms with Gasteiger partial charge in [0.25, 0.3) is 0 Å². The van der Waals surface area contributed by atoms with Gasteiger partial charge in [-0.25, -0.2) is 4.39 Å². The van der Waals surface area contributed by atoms with Crippen LogP contribution in [0.3, 0.4) is 0 Å². The fraction of sp³-hybridized carbons (Fsp3) is 0.333. The van der Waals surface area contributed by atoms with E-state index >= 15 is 0 Å². The van der Waals surface area contributed by atoms with Crippen LogP contribution in [0.4, 0.5) is 4.39 Å². The number of rotatable bonds is 3. The van der Waals surface area contributed by atoms with E-state index in [1.807, 2.05) is 13.8 Å². The first-order valence-corrected chi connectivity index (χ1v) is 4.93. The van der Waals surface area contributed by atoms with Crippen LogP contribution in [0.25, 0.3) is 0 Å². The molecule has 0 aromatic rings. The number of hydrogen-bond donors (Lipinski definition) is 1. The van der Waals surface area contributed by atoms with Gasteiger partial charge in [0.15, 0.2) is 0 Å². The summed E-state index contributed by atoms with van der Waals surface area (Å²) in [6, 6.07) is 0. The number of halogens is 3. The van der Waals surface area contributed by atoms with Crippen LogP contribution in [0.1, 0.15) is 13.8 Å². The summed E-state index contributed by atoms with van der Waals surface area (Å²) in [6.07, 6.45) is 2.32. The molecule has 0 atom stereocenters. The van der Waals surface area contributed by atoms with E-state index in [9.17, 15) is 4.39 Å². The Kier molecular flexibility index (Phi) is 11.8. The first-order chi connectivity index (χ1) is 6.07. The maximum atomic E-state index is 12.6. The molecule has 0 aliphatic heterocycles. The third kappa shape index (κ3) is 9.80. The second-order valence-corrected chi connectivity index (χ2v) is 3.01. The van der Waals surface area contributed by atoms with Crippen LogP contribution >= 0.6 is 27.5 Å². The van der Waals surface area contributed by atoms with Crippen molar-refractivity contribution in [3.05, 3.63) is 34.1 Å². The first kappa shape index (κ1) is 15.4. The maximum absolute atomic E-state index is 12.6. The van der Waals surface area contributed by atoms with Gasteiger partial charge >= 0.3 is 0 Å². The highest BCUT2D eigenvalue weighted by Gasteiger charge is 1.98. The highest BCUT2D eigenvalue weighted by atomic mass is 79.9. The molecule has 0 aromatic heterocycles. The zero-order chi connectivity index (χ0) is 10.9. The second-order valence-electron chi connectivity index (χ2n) is 1.67. The normalized spacial score (nSPS) is 11.8. The van der Waals surface area contributed by atoms with Gasteiger partial charge in [-0.2, -0.15) is 0 Å². The molecule has 0 bridgehead atoms. The van der Waals surface area contributed by atoms with E-state index in [4.69, 9.17) is 16.7 Å². The van der Waals surface area contributed by atoms with Crippen molar-refractivity contribution in [1.29, 1.82) is 0 Å². The zero-order valence-corrected chi connectivity index (χ0v) is 9.99. The Morgan fingerprint density at radius 3 is 2.38 bits per heavy atom. The number of aliphatic hydroxyl groups is 1. The first-order valence-electron chi connectivity index (χ1n) is 3.76. The third-order valence-electron chi connectivity index (χ3n) is 0.782. The van der Waals surface area contributed by atoms with Crippen molar-refractivity contribution in [2.45, 2.75) is 13.8 Å². The number of allylic oxidation sites excluding steroid dienone is 4. The molecule has 0 heterocycles. The van der Waals surface area contributed by atoms with E-state index in [0.29, 0.717) is 0 Å². The average molecular weight is 272 g/mol. The van der Waals surface area contributed by atoms with Crippen molar-refractivity contribution >= 4 is 27.5 Å². The van der Waals surface area contributed by atoms with Crippen LogP contribution in [0.2, 0.25) is 0 Å². The summed E-state index contributed by atoms with van der Waals surface area (Å²) in [5.41, 5.74) is 0. The molecular weight excluding hydrogens is 258 g/mol. The van der Waals surface area contributed by atoms with Crippen molar-refractivity contribution < 1.29 is 9.50 Å². The fourth-order valence-corrected chi connectivity index (χ4v) is 1.06. The molecule has 0 fully saturated rings. The molecule has 0 unspecified atom stereocenters. The molecule has 1 nitrogen and oxygen atoms in total. The van der Waals surface area contributed by atoms with Gasteiger partial charge in [-0.15, -0.1) is 0 Å². The second kappa shape index (κ2) is 9.96. The van der Waals surface area contributed by atoms with E-state index in [0.717, 1.165) is 6.08 Å². The molecule has 0 aliphatic rings. The number of aliphatic hydroxyl groups excluding tert-OH is 1. The Morgan fingerprint density at radius 2 is 2.08 bits per heavy atom. The molecule has 0 saturated carbocycles. The van der Waals surface area contributed by atoms with E-state index in [-0.39, 0.29) is 16.1 Å². The minimum Gasteiger partial charge on any atom is -0.392 e. The van der Waals surface area contributed by atoms with Crippen LogP contribution < -0.4 is 0 Å². The summed E-state index contributed by atoms with van der Waals surface area (Å²) in [4.78, 5) is 0. The van der Waals surface area contributed by atoms with Crippen molar-refractivity contribution in [2.75, 3.05) is 6.61 Å². The minimum atomic E-state index is -0.561. The Bertz CT molecular complexity index is 212. The van der Waals surface area contributed by atoms with Crippen molar-refractivity contribution in [2.24, 2.45) is 0 Å². The monoisotopic (exact) mass is 270 g/mol. The zero-order valence-electron chi connectivity index (χ0n) is 7.65. The molecular formula is C9H13BrClFO. The largest absolute Gasteiger partial charge is 0.392 e. The summed E-state index contributed by atoms with van der Waals surface area (Å²) in [5.74, 6) is -0.561. The van der Waals surface area contributed by atoms with Gasteiger partial charge in [-0.05, 0) is 28.1 Å². The van der Waals surface area contributed by atoms with Gasteiger partial charge in [0.05, 0.1) is 11.1 Å². The van der Waals surface area contributed by atoms with Crippen LogP contribution in [0.5, 0.6) is 0 Å². The summed E-state index contributed by atoms with van der Waals surface area (Å²) in [5, 5.41) is 8.52. The Hall–Kier alpha value is -0.120. The summed E-state index contributed by atoms with van der Waals surface area (Å²) >= 11 is 8.27. The molecule has 0 aliphatic carbocycles. The van der Waals surface area contributed by atoms with Crippen LogP contribution in [0.15, 0.2) is 34.1 Å². The summed E-state index contributed by atoms with van der Waals surface area (Å²) < 4.78 is 12.8. The van der Waals surface area contributed by atoms with Gasteiger partial charge in [0.2, 0.25) is 0 Å². The number of hydrogen-bond acceptors (Lipinski definition) is 1. The molecule has 0 amide bonds. The smallest absolute Gasteiger partial charge is 0.135 e. The lowest BCUT2D eigenvalue weighted by Gasteiger charge is -1.92. The third-order valence-corrected chi connectivity index (χ3v) is 1.50.